The first-order valence-electron chi connectivity index (χ1n) is 6.47. The minimum Gasteiger partial charge on any atom is -0.358 e. The van der Waals surface area contributed by atoms with E-state index in [9.17, 15) is 0 Å². The average Bonchev–Trinajstić information content (AvgIpc) is 2.32. The van der Waals surface area contributed by atoms with E-state index in [2.05, 4.69) is 62.3 Å². The molecule has 3 heteroatoms. The summed E-state index contributed by atoms with van der Waals surface area (Å²) in [5.41, 5.74) is 3.02. The van der Waals surface area contributed by atoms with Crippen LogP contribution < -0.4 is 5.32 Å². The molecule has 2 rings (SSSR count). The maximum atomic E-state index is 4.65. The number of amidine groups is 1. The van der Waals surface area contributed by atoms with E-state index in [0.717, 1.165) is 17.5 Å². The summed E-state index contributed by atoms with van der Waals surface area (Å²) >= 11 is 1.84. The quantitative estimate of drug-likeness (QED) is 0.877. The van der Waals surface area contributed by atoms with Crippen molar-refractivity contribution in [1.82, 2.24) is 5.32 Å². The highest BCUT2D eigenvalue weighted by Gasteiger charge is 2.24. The number of hydrogen-bond acceptors (Lipinski definition) is 3. The Morgan fingerprint density at radius 3 is 2.67 bits per heavy atom. The fraction of sp³-hybridized carbons (Fsp3) is 0.533. The standard InChI is InChI=1S/C15H22N2S/c1-11-7-5-6-8-13(11)12(2)17-14-16-9-15(3,4)10-18-14/h5-8,12H,9-10H2,1-4H3,(H,16,17). The monoisotopic (exact) mass is 262 g/mol. The Hall–Kier alpha value is -0.960. The van der Waals surface area contributed by atoms with Gasteiger partial charge in [-0.15, -0.1) is 0 Å². The number of rotatable bonds is 2. The van der Waals surface area contributed by atoms with Crippen LogP contribution in [0, 0.1) is 12.3 Å². The Bertz CT molecular complexity index is 452. The smallest absolute Gasteiger partial charge is 0.157 e. The molecule has 1 aromatic rings. The molecule has 1 aromatic carbocycles. The molecule has 1 N–H and O–H groups in total. The van der Waals surface area contributed by atoms with Crippen molar-refractivity contribution >= 4 is 16.9 Å². The van der Waals surface area contributed by atoms with Crippen molar-refractivity contribution in [2.75, 3.05) is 12.3 Å². The summed E-state index contributed by atoms with van der Waals surface area (Å²) in [6, 6.07) is 8.84. The lowest BCUT2D eigenvalue weighted by molar-refractivity contribution is 0.436. The van der Waals surface area contributed by atoms with Crippen LogP contribution in [0.15, 0.2) is 29.3 Å². The van der Waals surface area contributed by atoms with Crippen LogP contribution in [0.4, 0.5) is 0 Å². The largest absolute Gasteiger partial charge is 0.358 e. The van der Waals surface area contributed by atoms with Gasteiger partial charge in [-0.25, -0.2) is 0 Å². The summed E-state index contributed by atoms with van der Waals surface area (Å²) in [5, 5.41) is 4.61. The molecular weight excluding hydrogens is 240 g/mol. The molecule has 2 nitrogen and oxygen atoms in total. The molecule has 0 aromatic heterocycles. The van der Waals surface area contributed by atoms with Crippen molar-refractivity contribution in [2.24, 2.45) is 10.4 Å². The van der Waals surface area contributed by atoms with Gasteiger partial charge in [0.15, 0.2) is 5.17 Å². The molecule has 1 aliphatic rings. The van der Waals surface area contributed by atoms with Crippen LogP contribution in [0.3, 0.4) is 0 Å². The van der Waals surface area contributed by atoms with Gasteiger partial charge in [-0.2, -0.15) is 0 Å². The molecule has 0 saturated carbocycles. The van der Waals surface area contributed by atoms with Crippen LogP contribution in [-0.4, -0.2) is 17.5 Å². The molecule has 0 amide bonds. The third kappa shape index (κ3) is 3.29. The van der Waals surface area contributed by atoms with Gasteiger partial charge in [-0.05, 0) is 30.4 Å². The molecule has 1 atom stereocenters. The number of thioether (sulfide) groups is 1. The van der Waals surface area contributed by atoms with E-state index in [-0.39, 0.29) is 0 Å². The van der Waals surface area contributed by atoms with Crippen molar-refractivity contribution in [3.8, 4) is 0 Å². The Balaban J connectivity index is 2.03. The number of aliphatic imine (C=N–C) groups is 1. The van der Waals surface area contributed by atoms with Crippen molar-refractivity contribution in [2.45, 2.75) is 33.7 Å². The number of benzene rings is 1. The Kier molecular flexibility index (Phi) is 4.00. The van der Waals surface area contributed by atoms with Crippen LogP contribution in [0.1, 0.15) is 37.9 Å². The van der Waals surface area contributed by atoms with Crippen molar-refractivity contribution in [3.63, 3.8) is 0 Å². The third-order valence-corrected chi connectivity index (χ3v) is 4.69. The second kappa shape index (κ2) is 5.35. The fourth-order valence-electron chi connectivity index (χ4n) is 2.06. The predicted molar refractivity (Wildman–Crippen MR) is 81.3 cm³/mol. The van der Waals surface area contributed by atoms with E-state index in [1.165, 1.54) is 11.1 Å². The summed E-state index contributed by atoms with van der Waals surface area (Å²) in [6.45, 7) is 9.82. The van der Waals surface area contributed by atoms with Crippen LogP contribution in [0.2, 0.25) is 0 Å². The molecule has 1 heterocycles. The lowest BCUT2D eigenvalue weighted by Crippen LogP contribution is -2.32. The van der Waals surface area contributed by atoms with Crippen LogP contribution in [0.25, 0.3) is 0 Å². The molecule has 0 saturated heterocycles. The predicted octanol–water partition coefficient (Wildman–Crippen LogP) is 3.77. The molecule has 0 spiro atoms. The number of nitrogens with one attached hydrogen (secondary N) is 1. The minimum atomic E-state index is 0.318. The molecular formula is C15H22N2S. The summed E-state index contributed by atoms with van der Waals surface area (Å²) in [4.78, 5) is 4.65. The Morgan fingerprint density at radius 1 is 1.33 bits per heavy atom. The van der Waals surface area contributed by atoms with Gasteiger partial charge in [-0.1, -0.05) is 49.9 Å². The summed E-state index contributed by atoms with van der Waals surface area (Å²) in [5.74, 6) is 1.14. The Labute approximate surface area is 114 Å². The molecule has 0 fully saturated rings. The highest BCUT2D eigenvalue weighted by molar-refractivity contribution is 8.13. The summed E-state index contributed by atoms with van der Waals surface area (Å²) in [6.07, 6.45) is 0. The van der Waals surface area contributed by atoms with Gasteiger partial charge in [0.2, 0.25) is 0 Å². The van der Waals surface area contributed by atoms with Gasteiger partial charge in [0.1, 0.15) is 0 Å². The molecule has 0 radical (unpaired) electrons. The van der Waals surface area contributed by atoms with Gasteiger partial charge in [0.25, 0.3) is 0 Å². The topological polar surface area (TPSA) is 24.4 Å². The van der Waals surface area contributed by atoms with E-state index in [1.807, 2.05) is 11.8 Å². The molecule has 1 aliphatic heterocycles. The zero-order valence-corrected chi connectivity index (χ0v) is 12.5. The first-order chi connectivity index (χ1) is 8.48. The van der Waals surface area contributed by atoms with Crippen LogP contribution in [-0.2, 0) is 0 Å². The van der Waals surface area contributed by atoms with Gasteiger partial charge < -0.3 is 5.32 Å². The summed E-state index contributed by atoms with van der Waals surface area (Å²) < 4.78 is 0. The maximum absolute atomic E-state index is 4.65. The van der Waals surface area contributed by atoms with Gasteiger partial charge in [0, 0.05) is 12.3 Å². The molecule has 18 heavy (non-hydrogen) atoms. The normalized spacial score (nSPS) is 20.1. The van der Waals surface area contributed by atoms with Gasteiger partial charge >= 0.3 is 0 Å². The SMILES string of the molecule is Cc1ccccc1C(C)NC1=NCC(C)(C)CS1. The number of aryl methyl sites for hydroxylation is 1. The first-order valence-corrected chi connectivity index (χ1v) is 7.46. The average molecular weight is 262 g/mol. The lowest BCUT2D eigenvalue weighted by Gasteiger charge is -2.29. The zero-order valence-electron chi connectivity index (χ0n) is 11.7. The number of hydrogen-bond donors (Lipinski definition) is 1. The van der Waals surface area contributed by atoms with Crippen molar-refractivity contribution in [1.29, 1.82) is 0 Å². The Morgan fingerprint density at radius 2 is 2.06 bits per heavy atom. The third-order valence-electron chi connectivity index (χ3n) is 3.25. The van der Waals surface area contributed by atoms with Crippen LogP contribution in [0.5, 0.6) is 0 Å². The van der Waals surface area contributed by atoms with Crippen molar-refractivity contribution in [3.05, 3.63) is 35.4 Å². The van der Waals surface area contributed by atoms with E-state index in [1.54, 1.807) is 0 Å². The van der Waals surface area contributed by atoms with Gasteiger partial charge in [-0.3, -0.25) is 4.99 Å². The van der Waals surface area contributed by atoms with E-state index >= 15 is 0 Å². The fourth-order valence-corrected chi connectivity index (χ4v) is 3.10. The molecule has 98 valence electrons. The summed E-state index contributed by atoms with van der Waals surface area (Å²) in [7, 11) is 0. The highest BCUT2D eigenvalue weighted by atomic mass is 32.2. The van der Waals surface area contributed by atoms with Crippen LogP contribution >= 0.6 is 11.8 Å². The highest BCUT2D eigenvalue weighted by Crippen LogP contribution is 2.28. The van der Waals surface area contributed by atoms with E-state index in [4.69, 9.17) is 0 Å². The molecule has 0 aliphatic carbocycles. The lowest BCUT2D eigenvalue weighted by atomic mass is 9.97. The molecule has 1 unspecified atom stereocenters. The zero-order chi connectivity index (χ0) is 13.2. The first kappa shape index (κ1) is 13.5. The number of nitrogens with zero attached hydrogens (tertiary/aromatic N) is 1. The van der Waals surface area contributed by atoms with Gasteiger partial charge in [0.05, 0.1) is 6.04 Å². The maximum Gasteiger partial charge on any atom is 0.157 e. The van der Waals surface area contributed by atoms with E-state index < -0.39 is 0 Å². The van der Waals surface area contributed by atoms with E-state index in [0.29, 0.717) is 11.5 Å². The minimum absolute atomic E-state index is 0.318. The second-order valence-corrected chi connectivity index (χ2v) is 6.76. The van der Waals surface area contributed by atoms with Crippen molar-refractivity contribution < 1.29 is 0 Å². The second-order valence-electron chi connectivity index (χ2n) is 5.80. The molecule has 0 bridgehead atoms.